The van der Waals surface area contributed by atoms with E-state index in [4.69, 9.17) is 0 Å². The van der Waals surface area contributed by atoms with E-state index in [0.29, 0.717) is 0 Å². The molecule has 0 rings (SSSR count). The highest BCUT2D eigenvalue weighted by molar-refractivity contribution is 5.70. The van der Waals surface area contributed by atoms with Crippen LogP contribution in [0.1, 0.15) is 128 Å². The maximum atomic E-state index is 11.6. The highest BCUT2D eigenvalue weighted by atomic mass is 16.4. The summed E-state index contributed by atoms with van der Waals surface area (Å²) in [6, 6.07) is 0. The molecule has 0 heterocycles. The van der Waals surface area contributed by atoms with Crippen LogP contribution in [0.3, 0.4) is 0 Å². The molecule has 4 nitrogen and oxygen atoms in total. The monoisotopic (exact) mass is 502 g/mol. The van der Waals surface area contributed by atoms with Crippen LogP contribution >= 0.6 is 0 Å². The summed E-state index contributed by atoms with van der Waals surface area (Å²) in [6.07, 6.45) is 32.2. The van der Waals surface area contributed by atoms with Gasteiger partial charge in [-0.15, -0.1) is 0 Å². The van der Waals surface area contributed by atoms with Gasteiger partial charge < -0.3 is 10.2 Å². The molecular weight excluding hydrogens is 448 g/mol. The van der Waals surface area contributed by atoms with E-state index in [1.54, 1.807) is 12.2 Å². The summed E-state index contributed by atoms with van der Waals surface area (Å²) in [4.78, 5) is 23.2. The lowest BCUT2D eigenvalue weighted by molar-refractivity contribution is -0.143. The van der Waals surface area contributed by atoms with Crippen molar-refractivity contribution in [2.45, 2.75) is 128 Å². The van der Waals surface area contributed by atoms with Crippen LogP contribution in [0.25, 0.3) is 0 Å². The standard InChI is InChI=1S/C32H54O4/c1-3-5-7-9-11-13-15-17-21-25-29(31(33)34)27-23-19-20-24-28-30(32(35)36)26-22-18-16-14-12-10-8-6-4-2/h3-8,29-30H,1-2,9-28H2,(H,33,34)(H,35,36)/b7-5+,8-6+. The van der Waals surface area contributed by atoms with Gasteiger partial charge in [0.05, 0.1) is 11.8 Å². The molecule has 4 heteroatoms. The topological polar surface area (TPSA) is 74.6 Å². The van der Waals surface area contributed by atoms with Crippen LogP contribution in [-0.2, 0) is 9.59 Å². The zero-order chi connectivity index (χ0) is 26.7. The van der Waals surface area contributed by atoms with Crippen LogP contribution in [0.4, 0.5) is 0 Å². The minimum atomic E-state index is -0.663. The average molecular weight is 503 g/mol. The van der Waals surface area contributed by atoms with E-state index in [2.05, 4.69) is 25.3 Å². The summed E-state index contributed by atoms with van der Waals surface area (Å²) in [7, 11) is 0. The van der Waals surface area contributed by atoms with Gasteiger partial charge in [-0.25, -0.2) is 0 Å². The molecule has 0 fully saturated rings. The quantitative estimate of drug-likeness (QED) is 0.0866. The van der Waals surface area contributed by atoms with Crippen molar-refractivity contribution in [3.63, 3.8) is 0 Å². The molecule has 0 saturated carbocycles. The highest BCUT2D eigenvalue weighted by Gasteiger charge is 2.18. The van der Waals surface area contributed by atoms with Crippen LogP contribution in [0.5, 0.6) is 0 Å². The predicted molar refractivity (Wildman–Crippen MR) is 153 cm³/mol. The van der Waals surface area contributed by atoms with E-state index < -0.39 is 11.9 Å². The average Bonchev–Trinajstić information content (AvgIpc) is 2.85. The molecule has 0 saturated heterocycles. The second-order valence-corrected chi connectivity index (χ2v) is 10.1. The number of hydrogen-bond donors (Lipinski definition) is 2. The second-order valence-electron chi connectivity index (χ2n) is 10.1. The van der Waals surface area contributed by atoms with E-state index in [1.807, 2.05) is 12.2 Å². The normalized spacial score (nSPS) is 13.2. The van der Waals surface area contributed by atoms with Crippen molar-refractivity contribution in [1.82, 2.24) is 0 Å². The number of unbranched alkanes of at least 4 members (excludes halogenated alkanes) is 13. The summed E-state index contributed by atoms with van der Waals surface area (Å²) < 4.78 is 0. The Morgan fingerprint density at radius 3 is 1.06 bits per heavy atom. The number of hydrogen-bond acceptors (Lipinski definition) is 2. The first kappa shape index (κ1) is 33.9. The Balaban J connectivity index is 3.83. The van der Waals surface area contributed by atoms with Gasteiger partial charge in [-0.1, -0.05) is 127 Å². The Labute approximate surface area is 221 Å². The number of carboxylic acids is 2. The van der Waals surface area contributed by atoms with Crippen LogP contribution in [0, 0.1) is 11.8 Å². The van der Waals surface area contributed by atoms with Crippen LogP contribution < -0.4 is 0 Å². The smallest absolute Gasteiger partial charge is 0.306 e. The molecule has 0 aliphatic carbocycles. The first-order valence-corrected chi connectivity index (χ1v) is 14.5. The van der Waals surface area contributed by atoms with Crippen molar-refractivity contribution < 1.29 is 19.8 Å². The fourth-order valence-electron chi connectivity index (χ4n) is 4.67. The lowest BCUT2D eigenvalue weighted by atomic mass is 9.92. The molecule has 206 valence electrons. The zero-order valence-electron chi connectivity index (χ0n) is 22.9. The molecule has 2 N–H and O–H groups in total. The minimum absolute atomic E-state index is 0.231. The lowest BCUT2D eigenvalue weighted by Gasteiger charge is -2.13. The van der Waals surface area contributed by atoms with Crippen molar-refractivity contribution in [3.05, 3.63) is 49.6 Å². The molecule has 2 atom stereocenters. The van der Waals surface area contributed by atoms with Gasteiger partial charge >= 0.3 is 11.9 Å². The summed E-state index contributed by atoms with van der Waals surface area (Å²) in [5.74, 6) is -1.79. The van der Waals surface area contributed by atoms with E-state index in [0.717, 1.165) is 89.9 Å². The van der Waals surface area contributed by atoms with Gasteiger partial charge in [0.2, 0.25) is 0 Å². The number of aliphatic carboxylic acids is 2. The fourth-order valence-corrected chi connectivity index (χ4v) is 4.67. The number of carbonyl (C=O) groups is 2. The van der Waals surface area contributed by atoms with Crippen molar-refractivity contribution in [2.75, 3.05) is 0 Å². The molecule has 0 aromatic carbocycles. The number of allylic oxidation sites excluding steroid dienone is 6. The van der Waals surface area contributed by atoms with Crippen molar-refractivity contribution in [1.29, 1.82) is 0 Å². The molecule has 0 aliphatic rings. The summed E-state index contributed by atoms with van der Waals surface area (Å²) in [5, 5.41) is 19.1. The highest BCUT2D eigenvalue weighted by Crippen LogP contribution is 2.22. The van der Waals surface area contributed by atoms with Crippen LogP contribution in [-0.4, -0.2) is 22.2 Å². The summed E-state index contributed by atoms with van der Waals surface area (Å²) in [6.45, 7) is 7.33. The van der Waals surface area contributed by atoms with Gasteiger partial charge in [-0.05, 0) is 51.4 Å². The van der Waals surface area contributed by atoms with Gasteiger partial charge in [0.25, 0.3) is 0 Å². The molecule has 0 radical (unpaired) electrons. The molecule has 0 amide bonds. The van der Waals surface area contributed by atoms with Crippen molar-refractivity contribution in [2.24, 2.45) is 11.8 Å². The Kier molecular flexibility index (Phi) is 24.5. The molecule has 0 aliphatic heterocycles. The van der Waals surface area contributed by atoms with Crippen molar-refractivity contribution >= 4 is 11.9 Å². The maximum Gasteiger partial charge on any atom is 0.306 e. The van der Waals surface area contributed by atoms with Gasteiger partial charge in [-0.2, -0.15) is 0 Å². The van der Waals surface area contributed by atoms with Gasteiger partial charge in [0, 0.05) is 0 Å². The minimum Gasteiger partial charge on any atom is -0.481 e. The predicted octanol–water partition coefficient (Wildman–Crippen LogP) is 9.67. The molecular formula is C32H54O4. The van der Waals surface area contributed by atoms with Gasteiger partial charge in [0.1, 0.15) is 0 Å². The van der Waals surface area contributed by atoms with Crippen LogP contribution in [0.15, 0.2) is 49.6 Å². The maximum absolute atomic E-state index is 11.6. The fraction of sp³-hybridized carbons (Fsp3) is 0.688. The van der Waals surface area contributed by atoms with E-state index in [1.165, 1.54) is 38.5 Å². The Morgan fingerprint density at radius 2 is 0.778 bits per heavy atom. The second kappa shape index (κ2) is 26.0. The van der Waals surface area contributed by atoms with E-state index in [9.17, 15) is 19.8 Å². The zero-order valence-corrected chi connectivity index (χ0v) is 22.9. The Morgan fingerprint density at radius 1 is 0.500 bits per heavy atom. The Hall–Kier alpha value is -2.10. The third-order valence-corrected chi connectivity index (χ3v) is 6.94. The van der Waals surface area contributed by atoms with Crippen molar-refractivity contribution in [3.8, 4) is 0 Å². The first-order chi connectivity index (χ1) is 17.5. The van der Waals surface area contributed by atoms with Gasteiger partial charge in [-0.3, -0.25) is 9.59 Å². The van der Waals surface area contributed by atoms with Gasteiger partial charge in [0.15, 0.2) is 0 Å². The number of rotatable bonds is 27. The molecule has 0 aromatic rings. The van der Waals surface area contributed by atoms with E-state index >= 15 is 0 Å². The molecule has 0 bridgehead atoms. The van der Waals surface area contributed by atoms with Crippen LogP contribution in [0.2, 0.25) is 0 Å². The van der Waals surface area contributed by atoms with E-state index in [-0.39, 0.29) is 11.8 Å². The molecule has 36 heavy (non-hydrogen) atoms. The lowest BCUT2D eigenvalue weighted by Crippen LogP contribution is -2.14. The molecule has 0 aromatic heterocycles. The Bertz CT molecular complexity index is 566. The summed E-state index contributed by atoms with van der Waals surface area (Å²) in [5.41, 5.74) is 0. The third kappa shape index (κ3) is 22.4. The SMILES string of the molecule is C=C/C=C/CCCCCCCC(CCCCCCC(CCCCCCC/C=C/C=C)C(=O)O)C(=O)O. The molecule has 0 spiro atoms. The first-order valence-electron chi connectivity index (χ1n) is 14.5. The summed E-state index contributed by atoms with van der Waals surface area (Å²) >= 11 is 0. The third-order valence-electron chi connectivity index (χ3n) is 6.94. The largest absolute Gasteiger partial charge is 0.481 e. The number of carboxylic acid groups (broad SMARTS) is 2. The molecule has 2 unspecified atom stereocenters.